The summed E-state index contributed by atoms with van der Waals surface area (Å²) in [7, 11) is 3.47. The SMILES string of the molecule is CC(Nc1ccc(C(=O)N(C)C)cc1N)C1CCOCC1. The van der Waals surface area contributed by atoms with Gasteiger partial charge in [-0.05, 0) is 43.9 Å². The molecule has 1 heterocycles. The van der Waals surface area contributed by atoms with Crippen molar-refractivity contribution in [1.82, 2.24) is 4.90 Å². The van der Waals surface area contributed by atoms with E-state index in [9.17, 15) is 4.79 Å². The lowest BCUT2D eigenvalue weighted by molar-refractivity contribution is 0.0622. The standard InChI is InChI=1S/C16H25N3O2/c1-11(12-6-8-21-9-7-12)18-15-5-4-13(10-14(15)17)16(20)19(2)3/h4-5,10-12,18H,6-9,17H2,1-3H3. The van der Waals surface area contributed by atoms with Gasteiger partial charge in [-0.2, -0.15) is 0 Å². The fourth-order valence-corrected chi connectivity index (χ4v) is 2.66. The number of benzene rings is 1. The molecule has 1 aliphatic rings. The zero-order chi connectivity index (χ0) is 15.4. The maximum atomic E-state index is 11.9. The minimum absolute atomic E-state index is 0.0364. The predicted octanol–water partition coefficient (Wildman–Crippen LogP) is 2.20. The highest BCUT2D eigenvalue weighted by Gasteiger charge is 2.21. The van der Waals surface area contributed by atoms with E-state index in [0.717, 1.165) is 31.7 Å². The molecule has 1 fully saturated rings. The first-order valence-corrected chi connectivity index (χ1v) is 7.44. The lowest BCUT2D eigenvalue weighted by Crippen LogP contribution is -2.31. The summed E-state index contributed by atoms with van der Waals surface area (Å²) in [5, 5.41) is 3.47. The minimum atomic E-state index is -0.0364. The summed E-state index contributed by atoms with van der Waals surface area (Å²) in [5.41, 5.74) is 8.20. The lowest BCUT2D eigenvalue weighted by atomic mass is 9.92. The highest BCUT2D eigenvalue weighted by Crippen LogP contribution is 2.26. The van der Waals surface area contributed by atoms with Crippen molar-refractivity contribution >= 4 is 17.3 Å². The average Bonchev–Trinajstić information content (AvgIpc) is 2.49. The van der Waals surface area contributed by atoms with Crippen LogP contribution in [0.25, 0.3) is 0 Å². The van der Waals surface area contributed by atoms with E-state index in [1.54, 1.807) is 25.1 Å². The molecule has 0 aliphatic carbocycles. The number of hydrogen-bond acceptors (Lipinski definition) is 4. The monoisotopic (exact) mass is 291 g/mol. The summed E-state index contributed by atoms with van der Waals surface area (Å²) in [6.45, 7) is 3.85. The van der Waals surface area contributed by atoms with Crippen LogP contribution in [0.5, 0.6) is 0 Å². The van der Waals surface area contributed by atoms with Gasteiger partial charge in [-0.3, -0.25) is 4.79 Å². The molecular formula is C16H25N3O2. The van der Waals surface area contributed by atoms with Crippen molar-refractivity contribution in [2.75, 3.05) is 38.4 Å². The molecule has 3 N–H and O–H groups in total. The van der Waals surface area contributed by atoms with Gasteiger partial charge < -0.3 is 20.7 Å². The summed E-state index contributed by atoms with van der Waals surface area (Å²) < 4.78 is 5.39. The Morgan fingerprint density at radius 2 is 2.05 bits per heavy atom. The third-order valence-corrected chi connectivity index (χ3v) is 4.06. The number of nitrogens with one attached hydrogen (secondary N) is 1. The Bertz CT molecular complexity index is 496. The molecule has 1 atom stereocenters. The summed E-state index contributed by atoms with van der Waals surface area (Å²) in [4.78, 5) is 13.5. The van der Waals surface area contributed by atoms with Gasteiger partial charge in [0, 0.05) is 38.9 Å². The van der Waals surface area contributed by atoms with Crippen molar-refractivity contribution < 1.29 is 9.53 Å². The van der Waals surface area contributed by atoms with Crippen molar-refractivity contribution in [3.8, 4) is 0 Å². The number of nitrogen functional groups attached to an aromatic ring is 1. The average molecular weight is 291 g/mol. The maximum absolute atomic E-state index is 11.9. The van der Waals surface area contributed by atoms with Crippen LogP contribution in [0.1, 0.15) is 30.1 Å². The number of carbonyl (C=O) groups is 1. The quantitative estimate of drug-likeness (QED) is 0.835. The number of anilines is 2. The summed E-state index contributed by atoms with van der Waals surface area (Å²) >= 11 is 0. The van der Waals surface area contributed by atoms with Gasteiger partial charge in [0.1, 0.15) is 0 Å². The molecule has 1 aromatic carbocycles. The van der Waals surface area contributed by atoms with Crippen molar-refractivity contribution in [2.24, 2.45) is 5.92 Å². The fourth-order valence-electron chi connectivity index (χ4n) is 2.66. The number of rotatable bonds is 4. The second-order valence-electron chi connectivity index (χ2n) is 5.88. The van der Waals surface area contributed by atoms with Crippen LogP contribution in [-0.2, 0) is 4.74 Å². The lowest BCUT2D eigenvalue weighted by Gasteiger charge is -2.29. The zero-order valence-corrected chi connectivity index (χ0v) is 13.1. The van der Waals surface area contributed by atoms with Gasteiger partial charge in [0.2, 0.25) is 0 Å². The predicted molar refractivity (Wildman–Crippen MR) is 85.5 cm³/mol. The fraction of sp³-hybridized carbons (Fsp3) is 0.562. The smallest absolute Gasteiger partial charge is 0.253 e. The molecule has 0 bridgehead atoms. The van der Waals surface area contributed by atoms with Gasteiger partial charge in [-0.1, -0.05) is 0 Å². The summed E-state index contributed by atoms with van der Waals surface area (Å²) in [6, 6.07) is 5.78. The van der Waals surface area contributed by atoms with Gasteiger partial charge in [0.15, 0.2) is 0 Å². The van der Waals surface area contributed by atoms with E-state index < -0.39 is 0 Å². The van der Waals surface area contributed by atoms with E-state index in [4.69, 9.17) is 10.5 Å². The molecule has 0 spiro atoms. The minimum Gasteiger partial charge on any atom is -0.397 e. The van der Waals surface area contributed by atoms with Crippen LogP contribution in [0.3, 0.4) is 0 Å². The maximum Gasteiger partial charge on any atom is 0.253 e. The number of nitrogens with two attached hydrogens (primary N) is 1. The van der Waals surface area contributed by atoms with E-state index >= 15 is 0 Å². The third kappa shape index (κ3) is 3.88. The Kier molecular flexibility index (Phi) is 5.07. The summed E-state index contributed by atoms with van der Waals surface area (Å²) in [6.07, 6.45) is 2.15. The molecule has 5 nitrogen and oxygen atoms in total. The second kappa shape index (κ2) is 6.80. The number of amides is 1. The number of hydrogen-bond donors (Lipinski definition) is 2. The van der Waals surface area contributed by atoms with Gasteiger partial charge in [0.25, 0.3) is 5.91 Å². The van der Waals surface area contributed by atoms with Crippen molar-refractivity contribution in [3.63, 3.8) is 0 Å². The number of ether oxygens (including phenoxy) is 1. The Labute approximate surface area is 126 Å². The molecule has 21 heavy (non-hydrogen) atoms. The van der Waals surface area contributed by atoms with Crippen LogP contribution in [0.4, 0.5) is 11.4 Å². The Balaban J connectivity index is 2.05. The van der Waals surface area contributed by atoms with E-state index in [1.165, 1.54) is 0 Å². The first-order valence-electron chi connectivity index (χ1n) is 7.44. The summed E-state index contributed by atoms with van der Waals surface area (Å²) in [5.74, 6) is 0.562. The van der Waals surface area contributed by atoms with Gasteiger partial charge in [-0.15, -0.1) is 0 Å². The van der Waals surface area contributed by atoms with E-state index in [0.29, 0.717) is 23.2 Å². The van der Waals surface area contributed by atoms with Crippen LogP contribution in [-0.4, -0.2) is 44.2 Å². The van der Waals surface area contributed by atoms with Crippen LogP contribution >= 0.6 is 0 Å². The highest BCUT2D eigenvalue weighted by atomic mass is 16.5. The molecule has 5 heteroatoms. The normalized spacial score (nSPS) is 17.3. The molecule has 0 radical (unpaired) electrons. The van der Waals surface area contributed by atoms with E-state index in [-0.39, 0.29) is 5.91 Å². The van der Waals surface area contributed by atoms with Crippen LogP contribution in [0, 0.1) is 5.92 Å². The molecule has 116 valence electrons. The topological polar surface area (TPSA) is 67.6 Å². The van der Waals surface area contributed by atoms with Gasteiger partial charge >= 0.3 is 0 Å². The van der Waals surface area contributed by atoms with Gasteiger partial charge in [-0.25, -0.2) is 0 Å². The first kappa shape index (κ1) is 15.6. The third-order valence-electron chi connectivity index (χ3n) is 4.06. The molecular weight excluding hydrogens is 266 g/mol. The number of nitrogens with zero attached hydrogens (tertiary/aromatic N) is 1. The first-order chi connectivity index (χ1) is 9.99. The second-order valence-corrected chi connectivity index (χ2v) is 5.88. The Hall–Kier alpha value is -1.75. The highest BCUT2D eigenvalue weighted by molar-refractivity contribution is 5.95. The van der Waals surface area contributed by atoms with Crippen molar-refractivity contribution in [3.05, 3.63) is 23.8 Å². The molecule has 2 rings (SSSR count). The largest absolute Gasteiger partial charge is 0.397 e. The van der Waals surface area contributed by atoms with Crippen LogP contribution in [0.2, 0.25) is 0 Å². The zero-order valence-electron chi connectivity index (χ0n) is 13.1. The van der Waals surface area contributed by atoms with Crippen LogP contribution < -0.4 is 11.1 Å². The molecule has 1 saturated heterocycles. The van der Waals surface area contributed by atoms with E-state index in [2.05, 4.69) is 12.2 Å². The van der Waals surface area contributed by atoms with Crippen molar-refractivity contribution in [2.45, 2.75) is 25.8 Å². The Morgan fingerprint density at radius 3 is 2.62 bits per heavy atom. The molecule has 1 unspecified atom stereocenters. The Morgan fingerprint density at radius 1 is 1.38 bits per heavy atom. The number of carbonyl (C=O) groups excluding carboxylic acids is 1. The molecule has 1 aliphatic heterocycles. The molecule has 0 saturated carbocycles. The van der Waals surface area contributed by atoms with Crippen molar-refractivity contribution in [1.29, 1.82) is 0 Å². The molecule has 0 aromatic heterocycles. The molecule has 1 aromatic rings. The van der Waals surface area contributed by atoms with Gasteiger partial charge in [0.05, 0.1) is 11.4 Å². The van der Waals surface area contributed by atoms with Crippen LogP contribution in [0.15, 0.2) is 18.2 Å². The van der Waals surface area contributed by atoms with E-state index in [1.807, 2.05) is 12.1 Å². The molecule has 1 amide bonds.